The minimum Gasteiger partial charge on any atom is -0.389 e. The monoisotopic (exact) mass is 158 g/mol. The fourth-order valence-corrected chi connectivity index (χ4v) is 1.12. The van der Waals surface area contributed by atoms with Gasteiger partial charge in [0, 0.05) is 0 Å². The van der Waals surface area contributed by atoms with Crippen molar-refractivity contribution >= 4 is 11.9 Å². The summed E-state index contributed by atoms with van der Waals surface area (Å²) in [6.07, 6.45) is -1.65. The number of rotatable bonds is 0. The van der Waals surface area contributed by atoms with Crippen LogP contribution in [-0.2, 0) is 23.8 Å². The van der Waals surface area contributed by atoms with Gasteiger partial charge in [0.25, 0.3) is 0 Å². The minimum absolute atomic E-state index is 0.337. The van der Waals surface area contributed by atoms with Gasteiger partial charge in [-0.3, -0.25) is 0 Å². The van der Waals surface area contributed by atoms with Gasteiger partial charge in [0.1, 0.15) is 0 Å². The van der Waals surface area contributed by atoms with E-state index in [9.17, 15) is 9.59 Å². The molecule has 0 bridgehead atoms. The molecule has 60 valence electrons. The van der Waals surface area contributed by atoms with Gasteiger partial charge in [-0.25, -0.2) is 9.59 Å². The highest BCUT2D eigenvalue weighted by molar-refractivity contribution is 5.99. The second-order valence-electron chi connectivity index (χ2n) is 2.32. The van der Waals surface area contributed by atoms with Crippen LogP contribution < -0.4 is 0 Å². The highest BCUT2D eigenvalue weighted by Crippen LogP contribution is 2.19. The van der Waals surface area contributed by atoms with Crippen LogP contribution in [0.3, 0.4) is 0 Å². The molecular formula is C6H6O5. The van der Waals surface area contributed by atoms with E-state index in [1.54, 1.807) is 0 Å². The maximum absolute atomic E-state index is 10.8. The van der Waals surface area contributed by atoms with Crippen molar-refractivity contribution < 1.29 is 23.8 Å². The zero-order valence-electron chi connectivity index (χ0n) is 5.61. The smallest absolute Gasteiger partial charge is 0.346 e. The van der Waals surface area contributed by atoms with Crippen molar-refractivity contribution in [3.8, 4) is 0 Å². The molecule has 2 saturated heterocycles. The van der Waals surface area contributed by atoms with Gasteiger partial charge >= 0.3 is 11.9 Å². The molecule has 0 radical (unpaired) electrons. The molecule has 2 heterocycles. The Labute approximate surface area is 62.2 Å². The summed E-state index contributed by atoms with van der Waals surface area (Å²) < 4.78 is 14.2. The summed E-state index contributed by atoms with van der Waals surface area (Å²) in [6.45, 7) is 0.674. The predicted molar refractivity (Wildman–Crippen MR) is 30.6 cm³/mol. The van der Waals surface area contributed by atoms with Crippen LogP contribution in [0.4, 0.5) is 0 Å². The van der Waals surface area contributed by atoms with E-state index in [4.69, 9.17) is 9.47 Å². The maximum atomic E-state index is 10.8. The SMILES string of the molecule is O=C1OC(=O)[C@@H]2OCCO[C@H]12. The molecule has 2 atom stereocenters. The van der Waals surface area contributed by atoms with Gasteiger partial charge < -0.3 is 14.2 Å². The third kappa shape index (κ3) is 0.928. The molecule has 0 amide bonds. The first-order chi connectivity index (χ1) is 5.29. The molecule has 0 saturated carbocycles. The number of fused-ring (bicyclic) bond motifs is 1. The van der Waals surface area contributed by atoms with Crippen molar-refractivity contribution in [1.29, 1.82) is 0 Å². The van der Waals surface area contributed by atoms with Gasteiger partial charge in [-0.05, 0) is 0 Å². The molecule has 2 aliphatic heterocycles. The summed E-state index contributed by atoms with van der Waals surface area (Å²) in [7, 11) is 0. The molecule has 2 rings (SSSR count). The average molecular weight is 158 g/mol. The zero-order valence-corrected chi connectivity index (χ0v) is 5.61. The van der Waals surface area contributed by atoms with Crippen molar-refractivity contribution in [3.05, 3.63) is 0 Å². The summed E-state index contributed by atoms with van der Waals surface area (Å²) in [5.41, 5.74) is 0. The second kappa shape index (κ2) is 2.28. The molecule has 0 aliphatic carbocycles. The highest BCUT2D eigenvalue weighted by atomic mass is 16.7. The molecule has 5 heteroatoms. The van der Waals surface area contributed by atoms with Crippen molar-refractivity contribution in [3.63, 3.8) is 0 Å². The van der Waals surface area contributed by atoms with Gasteiger partial charge in [-0.1, -0.05) is 0 Å². The van der Waals surface area contributed by atoms with E-state index in [0.717, 1.165) is 0 Å². The fraction of sp³-hybridized carbons (Fsp3) is 0.667. The number of cyclic esters (lactones) is 2. The third-order valence-electron chi connectivity index (χ3n) is 1.62. The van der Waals surface area contributed by atoms with E-state index in [1.807, 2.05) is 0 Å². The summed E-state index contributed by atoms with van der Waals surface area (Å²) in [4.78, 5) is 21.5. The van der Waals surface area contributed by atoms with Gasteiger partial charge in [0.2, 0.25) is 0 Å². The maximum Gasteiger partial charge on any atom is 0.346 e. The lowest BCUT2D eigenvalue weighted by atomic mass is 10.2. The van der Waals surface area contributed by atoms with E-state index >= 15 is 0 Å². The third-order valence-corrected chi connectivity index (χ3v) is 1.62. The summed E-state index contributed by atoms with van der Waals surface area (Å²) >= 11 is 0. The van der Waals surface area contributed by atoms with Crippen LogP contribution in [-0.4, -0.2) is 37.4 Å². The Kier molecular flexibility index (Phi) is 1.40. The standard InChI is InChI=1S/C6H6O5/c7-5-3-4(6(8)11-5)10-2-1-9-3/h3-4H,1-2H2/t3-,4+. The van der Waals surface area contributed by atoms with E-state index in [0.29, 0.717) is 13.2 Å². The number of carbonyl (C=O) groups excluding carboxylic acids is 2. The Morgan fingerprint density at radius 2 is 1.45 bits per heavy atom. The Morgan fingerprint density at radius 3 is 1.91 bits per heavy atom. The van der Waals surface area contributed by atoms with Crippen LogP contribution in [0.5, 0.6) is 0 Å². The van der Waals surface area contributed by atoms with Crippen LogP contribution in [0, 0.1) is 0 Å². The topological polar surface area (TPSA) is 61.8 Å². The Morgan fingerprint density at radius 1 is 1.00 bits per heavy atom. The molecule has 0 N–H and O–H groups in total. The molecule has 0 unspecified atom stereocenters. The number of ether oxygens (including phenoxy) is 3. The van der Waals surface area contributed by atoms with Crippen LogP contribution in [0.1, 0.15) is 0 Å². The highest BCUT2D eigenvalue weighted by Gasteiger charge is 2.48. The summed E-state index contributed by atoms with van der Waals surface area (Å²) in [6, 6.07) is 0. The van der Waals surface area contributed by atoms with Crippen molar-refractivity contribution in [1.82, 2.24) is 0 Å². The quantitative estimate of drug-likeness (QED) is 0.329. The summed E-state index contributed by atoms with van der Waals surface area (Å²) in [5, 5.41) is 0. The molecule has 0 aromatic rings. The number of hydrogen-bond acceptors (Lipinski definition) is 5. The first-order valence-electron chi connectivity index (χ1n) is 3.28. The number of esters is 2. The average Bonchev–Trinajstić information content (AvgIpc) is 2.30. The zero-order chi connectivity index (χ0) is 7.84. The lowest BCUT2D eigenvalue weighted by Crippen LogP contribution is -2.40. The fourth-order valence-electron chi connectivity index (χ4n) is 1.12. The van der Waals surface area contributed by atoms with Crippen LogP contribution >= 0.6 is 0 Å². The molecule has 0 spiro atoms. The normalized spacial score (nSPS) is 36.7. The van der Waals surface area contributed by atoms with Crippen molar-refractivity contribution in [2.24, 2.45) is 0 Å². The molecule has 5 nitrogen and oxygen atoms in total. The van der Waals surface area contributed by atoms with Crippen LogP contribution in [0.15, 0.2) is 0 Å². The Bertz CT molecular complexity index is 189. The minimum atomic E-state index is -0.823. The van der Waals surface area contributed by atoms with E-state index in [2.05, 4.69) is 4.74 Å². The van der Waals surface area contributed by atoms with Gasteiger partial charge in [0.15, 0.2) is 12.2 Å². The van der Waals surface area contributed by atoms with Crippen LogP contribution in [0.2, 0.25) is 0 Å². The molecular weight excluding hydrogens is 152 g/mol. The first-order valence-corrected chi connectivity index (χ1v) is 3.28. The molecule has 0 aromatic carbocycles. The molecule has 0 aromatic heterocycles. The van der Waals surface area contributed by atoms with Crippen molar-refractivity contribution in [2.75, 3.05) is 13.2 Å². The van der Waals surface area contributed by atoms with E-state index < -0.39 is 24.1 Å². The summed E-state index contributed by atoms with van der Waals surface area (Å²) in [5.74, 6) is -1.28. The van der Waals surface area contributed by atoms with Crippen LogP contribution in [0.25, 0.3) is 0 Å². The van der Waals surface area contributed by atoms with Crippen molar-refractivity contribution in [2.45, 2.75) is 12.2 Å². The molecule has 11 heavy (non-hydrogen) atoms. The lowest BCUT2D eigenvalue weighted by Gasteiger charge is -2.20. The predicted octanol–water partition coefficient (Wildman–Crippen LogP) is -1.15. The van der Waals surface area contributed by atoms with E-state index in [1.165, 1.54) is 0 Å². The van der Waals surface area contributed by atoms with E-state index in [-0.39, 0.29) is 0 Å². The second-order valence-corrected chi connectivity index (χ2v) is 2.32. The number of carbonyl (C=O) groups is 2. The lowest BCUT2D eigenvalue weighted by molar-refractivity contribution is -0.158. The Hall–Kier alpha value is -0.940. The number of hydrogen-bond donors (Lipinski definition) is 0. The first kappa shape index (κ1) is 6.75. The molecule has 2 fully saturated rings. The van der Waals surface area contributed by atoms with Gasteiger partial charge in [-0.2, -0.15) is 0 Å². The van der Waals surface area contributed by atoms with Gasteiger partial charge in [-0.15, -0.1) is 0 Å². The van der Waals surface area contributed by atoms with Gasteiger partial charge in [0.05, 0.1) is 13.2 Å². The molecule has 2 aliphatic rings. The Balaban J connectivity index is 2.19. The largest absolute Gasteiger partial charge is 0.389 e.